The third-order valence-corrected chi connectivity index (χ3v) is 7.08. The van der Waals surface area contributed by atoms with Crippen molar-refractivity contribution in [2.45, 2.75) is 26.7 Å². The lowest BCUT2D eigenvalue weighted by Gasteiger charge is -2.52. The first kappa shape index (κ1) is 22.7. The Bertz CT molecular complexity index is 1400. The maximum absolute atomic E-state index is 5.94. The van der Waals surface area contributed by atoms with Gasteiger partial charge in [0.05, 0.1) is 12.3 Å². The molecule has 0 saturated carbocycles. The van der Waals surface area contributed by atoms with Crippen LogP contribution in [0, 0.1) is 12.3 Å². The number of aromatic nitrogens is 6. The molecule has 0 bridgehead atoms. The van der Waals surface area contributed by atoms with Gasteiger partial charge in [0, 0.05) is 61.6 Å². The Morgan fingerprint density at radius 1 is 1.14 bits per heavy atom. The number of nitrogens with zero attached hydrogens (tertiary/aromatic N) is 7. The van der Waals surface area contributed by atoms with Crippen LogP contribution in [0.25, 0.3) is 22.3 Å². The van der Waals surface area contributed by atoms with Crippen molar-refractivity contribution in [2.75, 3.05) is 43.1 Å². The van der Waals surface area contributed by atoms with Crippen molar-refractivity contribution in [1.82, 2.24) is 29.7 Å². The van der Waals surface area contributed by atoms with Gasteiger partial charge < -0.3 is 24.3 Å². The fraction of sp³-hybridized carbons (Fsp3) is 0.423. The Kier molecular flexibility index (Phi) is 5.67. The van der Waals surface area contributed by atoms with Crippen LogP contribution in [-0.2, 0) is 11.8 Å². The van der Waals surface area contributed by atoms with Crippen LogP contribution in [0.1, 0.15) is 25.5 Å². The summed E-state index contributed by atoms with van der Waals surface area (Å²) in [6.07, 6.45) is 5.76. The monoisotopic (exact) mass is 486 g/mol. The molecule has 0 amide bonds. The SMILES string of the molecule is CCOc1cc(-c2nncn2C)ccc1Nc1ncc2cc(C)nc(N3CC4(CCOCC4)C3)c2n1. The molecular formula is C26H30N8O2. The number of benzene rings is 1. The average molecular weight is 487 g/mol. The van der Waals surface area contributed by atoms with Gasteiger partial charge in [0.2, 0.25) is 5.95 Å². The van der Waals surface area contributed by atoms with Crippen LogP contribution in [0.2, 0.25) is 0 Å². The van der Waals surface area contributed by atoms with Crippen LogP contribution in [0.15, 0.2) is 36.8 Å². The summed E-state index contributed by atoms with van der Waals surface area (Å²) in [6, 6.07) is 7.94. The van der Waals surface area contributed by atoms with Gasteiger partial charge in [-0.05, 0) is 51.0 Å². The van der Waals surface area contributed by atoms with Crippen LogP contribution in [0.3, 0.4) is 0 Å². The molecule has 1 aromatic carbocycles. The van der Waals surface area contributed by atoms with Gasteiger partial charge in [0.15, 0.2) is 11.6 Å². The van der Waals surface area contributed by atoms with Crippen molar-refractivity contribution >= 4 is 28.4 Å². The minimum atomic E-state index is 0.348. The number of pyridine rings is 1. The highest BCUT2D eigenvalue weighted by atomic mass is 16.5. The minimum Gasteiger partial charge on any atom is -0.492 e. The number of hydrogen-bond donors (Lipinski definition) is 1. The second-order valence-electron chi connectivity index (χ2n) is 9.72. The third-order valence-electron chi connectivity index (χ3n) is 7.08. The summed E-state index contributed by atoms with van der Waals surface area (Å²) < 4.78 is 13.4. The number of ether oxygens (including phenoxy) is 2. The zero-order valence-corrected chi connectivity index (χ0v) is 20.9. The van der Waals surface area contributed by atoms with E-state index in [1.807, 2.05) is 55.9 Å². The highest BCUT2D eigenvalue weighted by molar-refractivity contribution is 5.90. The van der Waals surface area contributed by atoms with E-state index in [2.05, 4.69) is 25.4 Å². The molecule has 10 nitrogen and oxygen atoms in total. The standard InChI is InChI=1S/C26H30N8O2/c1-4-36-21-12-18(23-32-28-16-33(23)3)5-6-20(21)30-25-27-13-19-11-17(2)29-24(22(19)31-25)34-14-26(15-34)7-9-35-10-8-26/h5-6,11-13,16H,4,7-10,14-15H2,1-3H3,(H,27,30,31). The Morgan fingerprint density at radius 3 is 2.72 bits per heavy atom. The number of hydrogen-bond acceptors (Lipinski definition) is 9. The highest BCUT2D eigenvalue weighted by Crippen LogP contribution is 2.43. The van der Waals surface area contributed by atoms with E-state index in [0.717, 1.165) is 78.6 Å². The van der Waals surface area contributed by atoms with Crippen LogP contribution < -0.4 is 15.0 Å². The highest BCUT2D eigenvalue weighted by Gasteiger charge is 2.45. The summed E-state index contributed by atoms with van der Waals surface area (Å²) >= 11 is 0. The van der Waals surface area contributed by atoms with E-state index in [1.54, 1.807) is 6.33 Å². The first-order valence-corrected chi connectivity index (χ1v) is 12.4. The average Bonchev–Trinajstić information content (AvgIpc) is 3.30. The summed E-state index contributed by atoms with van der Waals surface area (Å²) in [4.78, 5) is 16.7. The topological polar surface area (TPSA) is 103 Å². The van der Waals surface area contributed by atoms with Crippen molar-refractivity contribution in [3.8, 4) is 17.1 Å². The van der Waals surface area contributed by atoms with Gasteiger partial charge >= 0.3 is 0 Å². The molecule has 2 aliphatic heterocycles. The molecule has 1 spiro atoms. The predicted octanol–water partition coefficient (Wildman–Crippen LogP) is 3.89. The zero-order valence-electron chi connectivity index (χ0n) is 20.9. The van der Waals surface area contributed by atoms with Gasteiger partial charge in [0.1, 0.15) is 17.6 Å². The van der Waals surface area contributed by atoms with E-state index in [9.17, 15) is 0 Å². The lowest BCUT2D eigenvalue weighted by molar-refractivity contribution is -0.000372. The molecule has 2 aliphatic rings. The summed E-state index contributed by atoms with van der Waals surface area (Å²) in [5, 5.41) is 12.5. The van der Waals surface area contributed by atoms with Crippen molar-refractivity contribution in [3.05, 3.63) is 42.5 Å². The van der Waals surface area contributed by atoms with Crippen molar-refractivity contribution < 1.29 is 9.47 Å². The smallest absolute Gasteiger partial charge is 0.227 e. The largest absolute Gasteiger partial charge is 0.492 e. The molecule has 5 heterocycles. The maximum Gasteiger partial charge on any atom is 0.227 e. The van der Waals surface area contributed by atoms with Crippen LogP contribution in [-0.4, -0.2) is 62.6 Å². The van der Waals surface area contributed by atoms with Gasteiger partial charge in [-0.1, -0.05) is 0 Å². The Balaban J connectivity index is 1.31. The third kappa shape index (κ3) is 4.11. The lowest BCUT2D eigenvalue weighted by Crippen LogP contribution is -2.59. The maximum atomic E-state index is 5.94. The number of rotatable bonds is 6. The van der Waals surface area contributed by atoms with E-state index < -0.39 is 0 Å². The molecule has 0 unspecified atom stereocenters. The van der Waals surface area contributed by atoms with Crippen molar-refractivity contribution in [1.29, 1.82) is 0 Å². The molecule has 36 heavy (non-hydrogen) atoms. The molecule has 10 heteroatoms. The first-order valence-electron chi connectivity index (χ1n) is 12.4. The van der Waals surface area contributed by atoms with E-state index in [1.165, 1.54) is 0 Å². The normalized spacial score (nSPS) is 16.8. The molecule has 186 valence electrons. The fourth-order valence-corrected chi connectivity index (χ4v) is 5.17. The van der Waals surface area contributed by atoms with Gasteiger partial charge in [0.25, 0.3) is 0 Å². The van der Waals surface area contributed by atoms with E-state index in [0.29, 0.717) is 23.7 Å². The van der Waals surface area contributed by atoms with E-state index >= 15 is 0 Å². The molecule has 6 rings (SSSR count). The Morgan fingerprint density at radius 2 is 1.97 bits per heavy atom. The molecule has 2 fully saturated rings. The van der Waals surface area contributed by atoms with E-state index in [-0.39, 0.29) is 0 Å². The van der Waals surface area contributed by atoms with Gasteiger partial charge in [-0.2, -0.15) is 0 Å². The Hall–Kier alpha value is -3.79. The minimum absolute atomic E-state index is 0.348. The van der Waals surface area contributed by atoms with E-state index in [4.69, 9.17) is 19.4 Å². The molecule has 0 atom stereocenters. The first-order chi connectivity index (χ1) is 17.5. The predicted molar refractivity (Wildman–Crippen MR) is 138 cm³/mol. The van der Waals surface area contributed by atoms with Gasteiger partial charge in [-0.25, -0.2) is 15.0 Å². The fourth-order valence-electron chi connectivity index (χ4n) is 5.17. The molecule has 2 saturated heterocycles. The van der Waals surface area contributed by atoms with Crippen LogP contribution in [0.4, 0.5) is 17.5 Å². The lowest BCUT2D eigenvalue weighted by atomic mass is 9.73. The summed E-state index contributed by atoms with van der Waals surface area (Å²) in [6.45, 7) is 8.20. The summed E-state index contributed by atoms with van der Waals surface area (Å²) in [5.74, 6) is 2.90. The molecule has 0 aliphatic carbocycles. The second-order valence-corrected chi connectivity index (χ2v) is 9.72. The molecule has 3 aromatic heterocycles. The van der Waals surface area contributed by atoms with Crippen molar-refractivity contribution in [2.24, 2.45) is 12.5 Å². The second kappa shape index (κ2) is 9.02. The van der Waals surface area contributed by atoms with Gasteiger partial charge in [-0.15, -0.1) is 10.2 Å². The number of fused-ring (bicyclic) bond motifs is 1. The molecule has 1 N–H and O–H groups in total. The van der Waals surface area contributed by atoms with Crippen LogP contribution >= 0.6 is 0 Å². The number of aryl methyl sites for hydroxylation is 2. The summed E-state index contributed by atoms with van der Waals surface area (Å²) in [5.41, 5.74) is 3.88. The van der Waals surface area contributed by atoms with Crippen molar-refractivity contribution in [3.63, 3.8) is 0 Å². The quantitative estimate of drug-likeness (QED) is 0.435. The molecule has 4 aromatic rings. The summed E-state index contributed by atoms with van der Waals surface area (Å²) in [7, 11) is 1.92. The molecular weight excluding hydrogens is 456 g/mol. The Labute approximate surface area is 209 Å². The number of nitrogens with one attached hydrogen (secondary N) is 1. The molecule has 0 radical (unpaired) electrons. The zero-order chi connectivity index (χ0) is 24.7. The number of anilines is 3. The van der Waals surface area contributed by atoms with Gasteiger partial charge in [-0.3, -0.25) is 0 Å². The van der Waals surface area contributed by atoms with Crippen LogP contribution in [0.5, 0.6) is 5.75 Å².